The monoisotopic (exact) mass is 317 g/mol. The van der Waals surface area contributed by atoms with Gasteiger partial charge in [0, 0.05) is 0 Å². The van der Waals surface area contributed by atoms with E-state index in [2.05, 4.69) is 14.5 Å². The van der Waals surface area contributed by atoms with Crippen molar-refractivity contribution in [3.63, 3.8) is 0 Å². The lowest BCUT2D eigenvalue weighted by Gasteiger charge is -2.12. The molecule has 0 aliphatic heterocycles. The maximum Gasteiger partial charge on any atom is 0.573 e. The Kier molecular flexibility index (Phi) is 4.04. The van der Waals surface area contributed by atoms with Gasteiger partial charge in [0.1, 0.15) is 0 Å². The summed E-state index contributed by atoms with van der Waals surface area (Å²) in [5.74, 6) is -3.43. The smallest absolute Gasteiger partial charge is 0.489 e. The molecule has 0 unspecified atom stereocenters. The molecule has 0 saturated carbocycles. The molecular weight excluding hydrogens is 311 g/mol. The minimum absolute atomic E-state index is 0.265. The van der Waals surface area contributed by atoms with E-state index in [-0.39, 0.29) is 6.07 Å². The number of aromatic nitrogens is 1. The van der Waals surface area contributed by atoms with Crippen LogP contribution >= 0.6 is 0 Å². The van der Waals surface area contributed by atoms with Gasteiger partial charge in [-0.05, 0) is 9.91 Å². The number of rotatable bonds is 4. The van der Waals surface area contributed by atoms with Crippen molar-refractivity contribution in [1.29, 1.82) is 0 Å². The van der Waals surface area contributed by atoms with E-state index in [4.69, 9.17) is 5.14 Å². The first-order chi connectivity index (χ1) is 8.95. The molecule has 1 aromatic heterocycles. The Balaban J connectivity index is 3.64. The van der Waals surface area contributed by atoms with Gasteiger partial charge < -0.3 is 19.6 Å². The Hall–Kier alpha value is -2.15. The first-order valence-electron chi connectivity index (χ1n) is 4.47. The molecule has 0 amide bonds. The molecule has 20 heavy (non-hydrogen) atoms. The third-order valence-corrected chi connectivity index (χ3v) is 2.60. The van der Waals surface area contributed by atoms with Crippen LogP contribution in [0.15, 0.2) is 11.1 Å². The van der Waals surface area contributed by atoms with Crippen LogP contribution in [0.1, 0.15) is 0 Å². The fourth-order valence-electron chi connectivity index (χ4n) is 1.15. The highest BCUT2D eigenvalue weighted by molar-refractivity contribution is 7.89. The third-order valence-electron chi connectivity index (χ3n) is 1.78. The summed E-state index contributed by atoms with van der Waals surface area (Å²) in [7, 11) is -3.85. The molecule has 112 valence electrons. The number of hydrogen-bond acceptors (Lipinski definition) is 7. The maximum atomic E-state index is 12.2. The maximum absolute atomic E-state index is 12.2. The fraction of sp³-hybridized carbons (Fsp3) is 0.286. The van der Waals surface area contributed by atoms with Crippen LogP contribution < -0.4 is 14.6 Å². The number of primary sulfonamides is 1. The zero-order valence-corrected chi connectivity index (χ0v) is 10.4. The summed E-state index contributed by atoms with van der Waals surface area (Å²) in [6.45, 7) is 0. The SMILES string of the molecule is COc1c(OC(F)(F)F)cc([N+](=O)[O-])nc1S(N)(=O)=O. The Labute approximate surface area is 109 Å². The molecule has 0 saturated heterocycles. The van der Waals surface area contributed by atoms with Crippen LogP contribution in [-0.2, 0) is 10.0 Å². The number of alkyl halides is 3. The van der Waals surface area contributed by atoms with E-state index >= 15 is 0 Å². The van der Waals surface area contributed by atoms with Crippen LogP contribution in [0, 0.1) is 10.1 Å². The van der Waals surface area contributed by atoms with Gasteiger partial charge in [-0.2, -0.15) is 0 Å². The van der Waals surface area contributed by atoms with E-state index in [1.165, 1.54) is 0 Å². The van der Waals surface area contributed by atoms with E-state index in [1.54, 1.807) is 0 Å². The highest BCUT2D eigenvalue weighted by atomic mass is 32.2. The normalized spacial score (nSPS) is 12.1. The molecule has 0 spiro atoms. The zero-order chi connectivity index (χ0) is 15.7. The summed E-state index contributed by atoms with van der Waals surface area (Å²) in [6.07, 6.45) is -5.22. The van der Waals surface area contributed by atoms with E-state index in [0.717, 1.165) is 7.11 Å². The summed E-state index contributed by atoms with van der Waals surface area (Å²) in [4.78, 5) is 12.3. The Bertz CT molecular complexity index is 644. The first-order valence-corrected chi connectivity index (χ1v) is 6.02. The number of nitrogens with zero attached hydrogens (tertiary/aromatic N) is 2. The highest BCUT2D eigenvalue weighted by Crippen LogP contribution is 2.38. The molecule has 0 aromatic carbocycles. The number of nitro groups is 1. The number of methoxy groups -OCH3 is 1. The Morgan fingerprint density at radius 3 is 2.35 bits per heavy atom. The van der Waals surface area contributed by atoms with Crippen LogP contribution in [0.4, 0.5) is 19.0 Å². The third kappa shape index (κ3) is 3.67. The van der Waals surface area contributed by atoms with E-state index in [0.29, 0.717) is 0 Å². The predicted octanol–water partition coefficient (Wildman–Crippen LogP) is 0.544. The van der Waals surface area contributed by atoms with Crippen molar-refractivity contribution in [2.24, 2.45) is 5.14 Å². The molecule has 0 fully saturated rings. The second-order valence-electron chi connectivity index (χ2n) is 3.17. The molecule has 13 heteroatoms. The van der Waals surface area contributed by atoms with Gasteiger partial charge in [-0.15, -0.1) is 13.2 Å². The highest BCUT2D eigenvalue weighted by Gasteiger charge is 2.37. The second kappa shape index (κ2) is 5.09. The van der Waals surface area contributed by atoms with Crippen LogP contribution in [-0.4, -0.2) is 31.8 Å². The average Bonchev–Trinajstić information content (AvgIpc) is 2.24. The largest absolute Gasteiger partial charge is 0.573 e. The number of sulfonamides is 1. The molecule has 0 radical (unpaired) electrons. The second-order valence-corrected chi connectivity index (χ2v) is 4.64. The van der Waals surface area contributed by atoms with Gasteiger partial charge >= 0.3 is 17.2 Å². The lowest BCUT2D eigenvalue weighted by molar-refractivity contribution is -0.390. The van der Waals surface area contributed by atoms with Gasteiger partial charge in [-0.3, -0.25) is 0 Å². The molecule has 1 rings (SSSR count). The molecular formula is C7H6F3N3O6S. The summed E-state index contributed by atoms with van der Waals surface area (Å²) in [5, 5.41) is 14.0. The molecule has 0 bridgehead atoms. The van der Waals surface area contributed by atoms with Crippen molar-refractivity contribution in [3.8, 4) is 11.5 Å². The zero-order valence-electron chi connectivity index (χ0n) is 9.54. The number of nitrogens with two attached hydrogens (primary N) is 1. The van der Waals surface area contributed by atoms with Crippen molar-refractivity contribution in [3.05, 3.63) is 16.2 Å². The quantitative estimate of drug-likeness (QED) is 0.632. The van der Waals surface area contributed by atoms with Crippen molar-refractivity contribution < 1.29 is 36.0 Å². The predicted molar refractivity (Wildman–Crippen MR) is 55.5 cm³/mol. The van der Waals surface area contributed by atoms with Gasteiger partial charge in [0.25, 0.3) is 10.0 Å². The molecule has 1 aromatic rings. The Morgan fingerprint density at radius 1 is 1.45 bits per heavy atom. The molecule has 2 N–H and O–H groups in total. The molecule has 1 heterocycles. The minimum Gasteiger partial charge on any atom is -0.489 e. The van der Waals surface area contributed by atoms with E-state index < -0.39 is 43.7 Å². The van der Waals surface area contributed by atoms with Crippen LogP contribution in [0.25, 0.3) is 0 Å². The van der Waals surface area contributed by atoms with Gasteiger partial charge in [0.2, 0.25) is 5.75 Å². The molecule has 0 aliphatic rings. The molecule has 0 atom stereocenters. The number of halogens is 3. The molecule has 0 aliphatic carbocycles. The topological polar surface area (TPSA) is 135 Å². The Morgan fingerprint density at radius 2 is 2.00 bits per heavy atom. The van der Waals surface area contributed by atoms with Crippen LogP contribution in [0.5, 0.6) is 11.5 Å². The van der Waals surface area contributed by atoms with Gasteiger partial charge in [0.05, 0.1) is 13.2 Å². The summed E-state index contributed by atoms with van der Waals surface area (Å²) < 4.78 is 66.7. The van der Waals surface area contributed by atoms with Crippen molar-refractivity contribution in [2.45, 2.75) is 11.4 Å². The minimum atomic E-state index is -5.22. The lowest BCUT2D eigenvalue weighted by Crippen LogP contribution is -2.20. The average molecular weight is 317 g/mol. The number of ether oxygens (including phenoxy) is 2. The van der Waals surface area contributed by atoms with Crippen molar-refractivity contribution in [2.75, 3.05) is 7.11 Å². The van der Waals surface area contributed by atoms with Gasteiger partial charge in [-0.25, -0.2) is 13.6 Å². The van der Waals surface area contributed by atoms with E-state index in [1.807, 2.05) is 0 Å². The lowest BCUT2D eigenvalue weighted by atomic mass is 10.4. The van der Waals surface area contributed by atoms with E-state index in [9.17, 15) is 31.7 Å². The van der Waals surface area contributed by atoms with Crippen molar-refractivity contribution in [1.82, 2.24) is 4.98 Å². The van der Waals surface area contributed by atoms with Crippen LogP contribution in [0.3, 0.4) is 0 Å². The number of hydrogen-bond donors (Lipinski definition) is 1. The first kappa shape index (κ1) is 15.9. The van der Waals surface area contributed by atoms with Gasteiger partial charge in [-0.1, -0.05) is 0 Å². The van der Waals surface area contributed by atoms with Gasteiger partial charge in [0.15, 0.2) is 5.75 Å². The summed E-state index contributed by atoms with van der Waals surface area (Å²) >= 11 is 0. The van der Waals surface area contributed by atoms with Crippen LogP contribution in [0.2, 0.25) is 0 Å². The fourth-order valence-corrected chi connectivity index (χ4v) is 1.81. The standard InChI is InChI=1S/C7H6F3N3O6S/c1-18-5-3(19-7(8,9)10)2-4(13(14)15)12-6(5)20(11,16)17/h2H,1H3,(H2,11,16,17). The summed E-state index contributed by atoms with van der Waals surface area (Å²) in [5.41, 5.74) is 0. The molecule has 9 nitrogen and oxygen atoms in total. The number of pyridine rings is 1. The van der Waals surface area contributed by atoms with Crippen molar-refractivity contribution >= 4 is 15.8 Å². The summed E-state index contributed by atoms with van der Waals surface area (Å²) in [6, 6.07) is 0.265.